The lowest BCUT2D eigenvalue weighted by Crippen LogP contribution is -2.12. The summed E-state index contributed by atoms with van der Waals surface area (Å²) >= 11 is 13.5. The fourth-order valence-corrected chi connectivity index (χ4v) is 2.90. The number of nitrogens with zero attached hydrogens (tertiary/aromatic N) is 2. The molecule has 1 aromatic heterocycles. The quantitative estimate of drug-likeness (QED) is 0.424. The number of halogens is 2. The number of H-pyrrole nitrogens is 1. The Hall–Kier alpha value is -1.44. The highest BCUT2D eigenvalue weighted by Gasteiger charge is 2.11. The molecule has 0 aliphatic heterocycles. The Labute approximate surface area is 135 Å². The molecule has 0 aliphatic carbocycles. The first-order chi connectivity index (χ1) is 10.1. The second kappa shape index (κ2) is 7.53. The van der Waals surface area contributed by atoms with Crippen LogP contribution in [-0.4, -0.2) is 26.8 Å². The zero-order valence-electron chi connectivity index (χ0n) is 10.9. The third-order valence-electron chi connectivity index (χ3n) is 2.51. The average Bonchev–Trinajstić information content (AvgIpc) is 2.92. The third kappa shape index (κ3) is 4.80. The number of thioether (sulfide) groups is 1. The molecule has 0 radical (unpaired) electrons. The van der Waals surface area contributed by atoms with Gasteiger partial charge in [0, 0.05) is 17.9 Å². The molecule has 1 aromatic carbocycles. The minimum absolute atomic E-state index is 0.151. The van der Waals surface area contributed by atoms with Crippen molar-refractivity contribution in [1.29, 1.82) is 0 Å². The first kappa shape index (κ1) is 15.9. The van der Waals surface area contributed by atoms with Gasteiger partial charge in [-0.1, -0.05) is 35.0 Å². The van der Waals surface area contributed by atoms with Crippen LogP contribution < -0.4 is 11.1 Å². The zero-order chi connectivity index (χ0) is 15.2. The standard InChI is InChI=1S/C12H13Cl2N5OS/c13-8-4-7(15)5-9(14)11(8)18-10(20)2-1-3-21-12-16-6-17-19-12/h4-6H,1-3,15H2,(H,18,20)(H,16,17,19). The molecule has 0 saturated heterocycles. The Morgan fingerprint density at radius 3 is 2.71 bits per heavy atom. The van der Waals surface area contributed by atoms with Crippen LogP contribution in [0.25, 0.3) is 0 Å². The number of carbonyl (C=O) groups excluding carboxylic acids is 1. The monoisotopic (exact) mass is 345 g/mol. The first-order valence-corrected chi connectivity index (χ1v) is 7.83. The summed E-state index contributed by atoms with van der Waals surface area (Å²) in [5.41, 5.74) is 6.45. The number of nitrogen functional groups attached to an aromatic ring is 1. The van der Waals surface area contributed by atoms with Crippen LogP contribution in [0.4, 0.5) is 11.4 Å². The molecule has 9 heteroatoms. The molecule has 6 nitrogen and oxygen atoms in total. The predicted molar refractivity (Wildman–Crippen MR) is 85.8 cm³/mol. The number of nitrogens with two attached hydrogens (primary N) is 1. The van der Waals surface area contributed by atoms with Gasteiger partial charge in [0.1, 0.15) is 6.33 Å². The van der Waals surface area contributed by atoms with Crippen molar-refractivity contribution in [3.8, 4) is 0 Å². The smallest absolute Gasteiger partial charge is 0.224 e. The van der Waals surface area contributed by atoms with Gasteiger partial charge in [-0.3, -0.25) is 9.89 Å². The van der Waals surface area contributed by atoms with E-state index < -0.39 is 0 Å². The van der Waals surface area contributed by atoms with E-state index in [4.69, 9.17) is 28.9 Å². The van der Waals surface area contributed by atoms with Crippen molar-refractivity contribution in [2.75, 3.05) is 16.8 Å². The maximum absolute atomic E-state index is 11.9. The van der Waals surface area contributed by atoms with Gasteiger partial charge < -0.3 is 11.1 Å². The molecule has 2 aromatic rings. The molecule has 112 valence electrons. The van der Waals surface area contributed by atoms with Crippen LogP contribution in [-0.2, 0) is 4.79 Å². The van der Waals surface area contributed by atoms with Crippen LogP contribution in [0.5, 0.6) is 0 Å². The van der Waals surface area contributed by atoms with Crippen LogP contribution in [0.2, 0.25) is 10.0 Å². The number of nitrogens with one attached hydrogen (secondary N) is 2. The minimum Gasteiger partial charge on any atom is -0.399 e. The molecule has 0 bridgehead atoms. The Kier molecular flexibility index (Phi) is 5.72. The van der Waals surface area contributed by atoms with Crippen molar-refractivity contribution in [3.63, 3.8) is 0 Å². The van der Waals surface area contributed by atoms with E-state index in [2.05, 4.69) is 20.5 Å². The van der Waals surface area contributed by atoms with Gasteiger partial charge in [-0.05, 0) is 18.6 Å². The largest absolute Gasteiger partial charge is 0.399 e. The lowest BCUT2D eigenvalue weighted by Gasteiger charge is -2.10. The molecular formula is C12H13Cl2N5OS. The molecule has 0 saturated carbocycles. The Morgan fingerprint density at radius 1 is 1.38 bits per heavy atom. The molecule has 4 N–H and O–H groups in total. The lowest BCUT2D eigenvalue weighted by atomic mass is 10.2. The van der Waals surface area contributed by atoms with Crippen LogP contribution in [0, 0.1) is 0 Å². The van der Waals surface area contributed by atoms with E-state index in [9.17, 15) is 4.79 Å². The summed E-state index contributed by atoms with van der Waals surface area (Å²) in [5.74, 6) is 0.605. The van der Waals surface area contributed by atoms with Gasteiger partial charge in [0.15, 0.2) is 5.16 Å². The predicted octanol–water partition coefficient (Wildman–Crippen LogP) is 3.20. The number of anilines is 2. The first-order valence-electron chi connectivity index (χ1n) is 6.09. The Morgan fingerprint density at radius 2 is 2.10 bits per heavy atom. The van der Waals surface area contributed by atoms with Gasteiger partial charge in [-0.15, -0.1) is 0 Å². The minimum atomic E-state index is -0.151. The summed E-state index contributed by atoms with van der Waals surface area (Å²) in [6, 6.07) is 3.09. The third-order valence-corrected chi connectivity index (χ3v) is 4.07. The van der Waals surface area contributed by atoms with Gasteiger partial charge in [0.2, 0.25) is 5.91 Å². The maximum Gasteiger partial charge on any atom is 0.224 e. The number of rotatable bonds is 6. The molecular weight excluding hydrogens is 333 g/mol. The molecule has 0 atom stereocenters. The fraction of sp³-hybridized carbons (Fsp3) is 0.250. The highest BCUT2D eigenvalue weighted by molar-refractivity contribution is 7.99. The lowest BCUT2D eigenvalue weighted by molar-refractivity contribution is -0.116. The number of benzene rings is 1. The molecule has 0 fully saturated rings. The van der Waals surface area contributed by atoms with Crippen molar-refractivity contribution in [3.05, 3.63) is 28.5 Å². The van der Waals surface area contributed by atoms with Gasteiger partial charge in [-0.2, -0.15) is 5.10 Å². The van der Waals surface area contributed by atoms with Gasteiger partial charge in [-0.25, -0.2) is 4.98 Å². The van der Waals surface area contributed by atoms with Crippen molar-refractivity contribution in [2.45, 2.75) is 18.0 Å². The normalized spacial score (nSPS) is 10.6. The van der Waals surface area contributed by atoms with E-state index in [1.165, 1.54) is 18.1 Å². The van der Waals surface area contributed by atoms with E-state index in [1.807, 2.05) is 0 Å². The summed E-state index contributed by atoms with van der Waals surface area (Å²) in [6.45, 7) is 0. The van der Waals surface area contributed by atoms with Gasteiger partial charge >= 0.3 is 0 Å². The summed E-state index contributed by atoms with van der Waals surface area (Å²) < 4.78 is 0. The van der Waals surface area contributed by atoms with E-state index in [0.717, 1.165) is 10.9 Å². The number of aromatic amines is 1. The van der Waals surface area contributed by atoms with Crippen molar-refractivity contribution in [1.82, 2.24) is 15.2 Å². The fourth-order valence-electron chi connectivity index (χ4n) is 1.58. The molecule has 2 rings (SSSR count). The van der Waals surface area contributed by atoms with Crippen molar-refractivity contribution < 1.29 is 4.79 Å². The SMILES string of the molecule is Nc1cc(Cl)c(NC(=O)CCCSc2ncn[nH]2)c(Cl)c1. The van der Waals surface area contributed by atoms with Crippen LogP contribution in [0.15, 0.2) is 23.6 Å². The van der Waals surface area contributed by atoms with Crippen molar-refractivity contribution in [2.24, 2.45) is 0 Å². The number of aromatic nitrogens is 3. The van der Waals surface area contributed by atoms with Gasteiger partial charge in [0.05, 0.1) is 15.7 Å². The summed E-state index contributed by atoms with van der Waals surface area (Å²) in [7, 11) is 0. The second-order valence-corrected chi connectivity index (χ2v) is 6.05. The highest BCUT2D eigenvalue weighted by Crippen LogP contribution is 2.32. The maximum atomic E-state index is 11.9. The average molecular weight is 346 g/mol. The number of hydrogen-bond acceptors (Lipinski definition) is 5. The molecule has 1 heterocycles. The van der Waals surface area contributed by atoms with Crippen LogP contribution >= 0.6 is 35.0 Å². The summed E-state index contributed by atoms with van der Waals surface area (Å²) in [5, 5.41) is 10.6. The van der Waals surface area contributed by atoms with Crippen LogP contribution in [0.3, 0.4) is 0 Å². The topological polar surface area (TPSA) is 96.7 Å². The molecule has 0 unspecified atom stereocenters. The molecule has 21 heavy (non-hydrogen) atoms. The molecule has 0 spiro atoms. The highest BCUT2D eigenvalue weighted by atomic mass is 35.5. The van der Waals surface area contributed by atoms with Crippen molar-refractivity contribution >= 4 is 52.2 Å². The Bertz CT molecular complexity index is 597. The number of hydrogen-bond donors (Lipinski definition) is 3. The van der Waals surface area contributed by atoms with E-state index in [0.29, 0.717) is 34.3 Å². The number of carbonyl (C=O) groups is 1. The zero-order valence-corrected chi connectivity index (χ0v) is 13.2. The molecule has 0 aliphatic rings. The van der Waals surface area contributed by atoms with E-state index in [1.54, 1.807) is 12.1 Å². The van der Waals surface area contributed by atoms with E-state index >= 15 is 0 Å². The summed E-state index contributed by atoms with van der Waals surface area (Å²) in [6.07, 6.45) is 2.50. The van der Waals surface area contributed by atoms with E-state index in [-0.39, 0.29) is 5.91 Å². The van der Waals surface area contributed by atoms with Gasteiger partial charge in [0.25, 0.3) is 0 Å². The molecule has 1 amide bonds. The second-order valence-electron chi connectivity index (χ2n) is 4.15. The summed E-state index contributed by atoms with van der Waals surface area (Å²) in [4.78, 5) is 15.8. The van der Waals surface area contributed by atoms with Crippen LogP contribution in [0.1, 0.15) is 12.8 Å². The Balaban J connectivity index is 1.79. The number of amides is 1.